The number of amides is 1. The molecule has 1 aromatic carbocycles. The number of pyridine rings is 2. The molecule has 1 aliphatic carbocycles. The van der Waals surface area contributed by atoms with Gasteiger partial charge in [0.2, 0.25) is 0 Å². The Balaban J connectivity index is 1.42. The molecule has 2 N–H and O–H groups in total. The zero-order valence-electron chi connectivity index (χ0n) is 18.6. The summed E-state index contributed by atoms with van der Waals surface area (Å²) >= 11 is 0. The molecule has 0 radical (unpaired) electrons. The van der Waals surface area contributed by atoms with Gasteiger partial charge in [0.05, 0.1) is 17.7 Å². The minimum Gasteiger partial charge on any atom is -0.391 e. The lowest BCUT2D eigenvalue weighted by atomic mass is 9.92. The van der Waals surface area contributed by atoms with Gasteiger partial charge in [0.15, 0.2) is 5.82 Å². The molecule has 0 unspecified atom stereocenters. The maximum Gasteiger partial charge on any atom is 0.270 e. The van der Waals surface area contributed by atoms with E-state index in [4.69, 9.17) is 0 Å². The molecule has 0 bridgehead atoms. The first kappa shape index (κ1) is 21.3. The van der Waals surface area contributed by atoms with Crippen LogP contribution >= 0.6 is 0 Å². The third-order valence-electron chi connectivity index (χ3n) is 6.35. The third-order valence-corrected chi connectivity index (χ3v) is 6.35. The number of para-hydroxylation sites is 1. The highest BCUT2D eigenvalue weighted by Crippen LogP contribution is 2.23. The minimum atomic E-state index is -0.495. The zero-order valence-corrected chi connectivity index (χ0v) is 18.6. The zero-order chi connectivity index (χ0) is 22.8. The molecule has 1 aliphatic rings. The van der Waals surface area contributed by atoms with E-state index in [-0.39, 0.29) is 11.9 Å². The average molecular weight is 442 g/mol. The number of nitrogens with zero attached hydrogens (tertiary/aromatic N) is 4. The number of aliphatic hydroxyl groups excluding tert-OH is 1. The van der Waals surface area contributed by atoms with Crippen molar-refractivity contribution in [3.8, 4) is 11.5 Å². The second-order valence-corrected chi connectivity index (χ2v) is 8.71. The number of benzene rings is 1. The van der Waals surface area contributed by atoms with Crippen LogP contribution in [0.15, 0.2) is 61.1 Å². The number of nitrogens with one attached hydrogen (secondary N) is 1. The third kappa shape index (κ3) is 4.50. The Labute approximate surface area is 192 Å². The van der Waals surface area contributed by atoms with Gasteiger partial charge in [-0.1, -0.05) is 37.1 Å². The van der Waals surface area contributed by atoms with Gasteiger partial charge in [-0.2, -0.15) is 0 Å². The van der Waals surface area contributed by atoms with E-state index >= 15 is 0 Å². The summed E-state index contributed by atoms with van der Waals surface area (Å²) in [7, 11) is 1.94. The van der Waals surface area contributed by atoms with Crippen molar-refractivity contribution >= 4 is 16.8 Å². The number of carbonyl (C=O) groups excluding carboxylic acids is 1. The van der Waals surface area contributed by atoms with Crippen LogP contribution in [0, 0.1) is 0 Å². The van der Waals surface area contributed by atoms with Gasteiger partial charge in [0, 0.05) is 31.0 Å². The molecule has 1 fully saturated rings. The number of imidazole rings is 1. The fraction of sp³-hybridized carbons (Fsp3) is 0.308. The minimum absolute atomic E-state index is 0.217. The van der Waals surface area contributed by atoms with Crippen LogP contribution in [0.5, 0.6) is 0 Å². The van der Waals surface area contributed by atoms with Crippen molar-refractivity contribution in [3.63, 3.8) is 0 Å². The Morgan fingerprint density at radius 1 is 1.15 bits per heavy atom. The molecule has 2 atom stereocenters. The second-order valence-electron chi connectivity index (χ2n) is 8.71. The van der Waals surface area contributed by atoms with Crippen LogP contribution in [0.1, 0.15) is 47.3 Å². The number of aromatic nitrogens is 4. The van der Waals surface area contributed by atoms with Crippen molar-refractivity contribution in [1.82, 2.24) is 24.8 Å². The van der Waals surface area contributed by atoms with Crippen LogP contribution in [-0.4, -0.2) is 42.7 Å². The van der Waals surface area contributed by atoms with E-state index in [0.29, 0.717) is 12.1 Å². The second kappa shape index (κ2) is 9.11. The quantitative estimate of drug-likeness (QED) is 0.493. The molecule has 0 spiro atoms. The van der Waals surface area contributed by atoms with Crippen molar-refractivity contribution in [1.29, 1.82) is 0 Å². The summed E-state index contributed by atoms with van der Waals surface area (Å²) in [5.74, 6) is 0.580. The van der Waals surface area contributed by atoms with Gasteiger partial charge in [-0.3, -0.25) is 9.78 Å². The topological polar surface area (TPSA) is 92.9 Å². The number of aryl methyl sites for hydroxylation is 1. The van der Waals surface area contributed by atoms with E-state index in [0.717, 1.165) is 59.2 Å². The number of fused-ring (bicyclic) bond motifs is 1. The number of hydrogen-bond acceptors (Lipinski definition) is 5. The monoisotopic (exact) mass is 441 g/mol. The summed E-state index contributed by atoms with van der Waals surface area (Å²) < 4.78 is 1.94. The summed E-state index contributed by atoms with van der Waals surface area (Å²) in [6, 6.07) is 13.5. The molecule has 4 aromatic rings. The predicted octanol–water partition coefficient (Wildman–Crippen LogP) is 3.65. The van der Waals surface area contributed by atoms with Crippen molar-refractivity contribution in [2.24, 2.45) is 7.05 Å². The normalized spacial score (nSPS) is 18.4. The van der Waals surface area contributed by atoms with E-state index in [1.807, 2.05) is 66.5 Å². The number of hydrogen-bond donors (Lipinski definition) is 2. The van der Waals surface area contributed by atoms with E-state index in [2.05, 4.69) is 20.3 Å². The largest absolute Gasteiger partial charge is 0.391 e. The van der Waals surface area contributed by atoms with Gasteiger partial charge in [-0.15, -0.1) is 0 Å². The first-order valence-corrected chi connectivity index (χ1v) is 11.4. The molecule has 5 rings (SSSR count). The Hall–Kier alpha value is -3.58. The van der Waals surface area contributed by atoms with Crippen LogP contribution in [-0.2, 0) is 13.5 Å². The molecule has 168 valence electrons. The highest BCUT2D eigenvalue weighted by atomic mass is 16.3. The molecule has 7 nitrogen and oxygen atoms in total. The first-order chi connectivity index (χ1) is 16.1. The van der Waals surface area contributed by atoms with Crippen LogP contribution in [0.3, 0.4) is 0 Å². The summed E-state index contributed by atoms with van der Waals surface area (Å²) in [5, 5.41) is 14.3. The van der Waals surface area contributed by atoms with Crippen molar-refractivity contribution < 1.29 is 9.90 Å². The van der Waals surface area contributed by atoms with Gasteiger partial charge >= 0.3 is 0 Å². The number of aliphatic hydroxyl groups is 1. The molecule has 1 amide bonds. The summed E-state index contributed by atoms with van der Waals surface area (Å²) in [6.45, 7) is 0. The Morgan fingerprint density at radius 2 is 2.00 bits per heavy atom. The van der Waals surface area contributed by atoms with Gasteiger partial charge in [-0.25, -0.2) is 9.97 Å². The molecular formula is C26H27N5O2. The van der Waals surface area contributed by atoms with Crippen LogP contribution in [0.25, 0.3) is 22.4 Å². The van der Waals surface area contributed by atoms with Gasteiger partial charge in [0.25, 0.3) is 5.91 Å². The summed E-state index contributed by atoms with van der Waals surface area (Å²) in [6.07, 6.45) is 9.18. The standard InChI is InChI=1S/C26H27N5O2/c1-31-13-12-27-25(31)22-11-10-17(16-28-22)14-18-15-23(29-20-7-3-2-6-19(18)20)26(33)30-21-8-4-5-9-24(21)32/h2-3,6-7,10-13,15-16,21,24,32H,4-5,8-9,14H2,1H3,(H,30,33)/t21-,24-/m0/s1. The molecule has 3 heterocycles. The smallest absolute Gasteiger partial charge is 0.270 e. The van der Waals surface area contributed by atoms with E-state index in [1.165, 1.54) is 0 Å². The Morgan fingerprint density at radius 3 is 2.76 bits per heavy atom. The first-order valence-electron chi connectivity index (χ1n) is 11.4. The maximum atomic E-state index is 13.0. The average Bonchev–Trinajstić information content (AvgIpc) is 3.26. The van der Waals surface area contributed by atoms with E-state index in [9.17, 15) is 9.90 Å². The molecule has 33 heavy (non-hydrogen) atoms. The molecular weight excluding hydrogens is 414 g/mol. The lowest BCUT2D eigenvalue weighted by molar-refractivity contribution is 0.0714. The Bertz CT molecular complexity index is 1280. The van der Waals surface area contributed by atoms with Gasteiger partial charge < -0.3 is 15.0 Å². The van der Waals surface area contributed by atoms with Crippen molar-refractivity contribution in [2.75, 3.05) is 0 Å². The highest BCUT2D eigenvalue weighted by molar-refractivity contribution is 5.96. The van der Waals surface area contributed by atoms with Crippen LogP contribution < -0.4 is 5.32 Å². The predicted molar refractivity (Wildman–Crippen MR) is 127 cm³/mol. The van der Waals surface area contributed by atoms with Crippen LogP contribution in [0.4, 0.5) is 0 Å². The summed E-state index contributed by atoms with van der Waals surface area (Å²) in [4.78, 5) is 26.6. The summed E-state index contributed by atoms with van der Waals surface area (Å²) in [5.41, 5.74) is 4.03. The van der Waals surface area contributed by atoms with Crippen molar-refractivity contribution in [3.05, 3.63) is 77.9 Å². The molecule has 3 aromatic heterocycles. The van der Waals surface area contributed by atoms with Gasteiger partial charge in [-0.05, 0) is 48.6 Å². The van der Waals surface area contributed by atoms with Gasteiger partial charge in [0.1, 0.15) is 11.4 Å². The molecule has 0 saturated heterocycles. The number of carbonyl (C=O) groups is 1. The van der Waals surface area contributed by atoms with E-state index < -0.39 is 6.10 Å². The number of rotatable bonds is 5. The fourth-order valence-corrected chi connectivity index (χ4v) is 4.53. The highest BCUT2D eigenvalue weighted by Gasteiger charge is 2.25. The maximum absolute atomic E-state index is 13.0. The fourth-order valence-electron chi connectivity index (χ4n) is 4.53. The molecule has 7 heteroatoms. The molecule has 1 saturated carbocycles. The lowest BCUT2D eigenvalue weighted by Gasteiger charge is -2.28. The van der Waals surface area contributed by atoms with Crippen molar-refractivity contribution in [2.45, 2.75) is 44.2 Å². The molecule has 0 aliphatic heterocycles. The Kier molecular flexibility index (Phi) is 5.88. The van der Waals surface area contributed by atoms with E-state index in [1.54, 1.807) is 6.20 Å². The van der Waals surface area contributed by atoms with Crippen LogP contribution in [0.2, 0.25) is 0 Å². The SMILES string of the molecule is Cn1ccnc1-c1ccc(Cc2cc(C(=O)N[C@H]3CCCC[C@@H]3O)nc3ccccc23)cn1. The lowest BCUT2D eigenvalue weighted by Crippen LogP contribution is -2.45.